The Hall–Kier alpha value is -4.04. The molecule has 3 aromatic carbocycles. The smallest absolute Gasteiger partial charge is 0.231 e. The van der Waals surface area contributed by atoms with Crippen molar-refractivity contribution in [2.24, 2.45) is 5.92 Å². The van der Waals surface area contributed by atoms with E-state index in [0.29, 0.717) is 28.3 Å². The first kappa shape index (κ1) is 23.7. The van der Waals surface area contributed by atoms with E-state index in [2.05, 4.69) is 10.2 Å². The molecule has 3 N–H and O–H groups in total. The molecule has 1 amide bonds. The normalized spacial score (nSPS) is 15.5. The SMILES string of the molecule is COc1ccc(C(=O)c2cccc(N)c2NC(=O)C2CCN(Cc3ccc4c(c3)OCO4)CC2)cc1. The van der Waals surface area contributed by atoms with Crippen LogP contribution >= 0.6 is 0 Å². The van der Waals surface area contributed by atoms with Crippen LogP contribution in [-0.2, 0) is 11.3 Å². The van der Waals surface area contributed by atoms with E-state index in [4.69, 9.17) is 19.9 Å². The van der Waals surface area contributed by atoms with E-state index >= 15 is 0 Å². The van der Waals surface area contributed by atoms with E-state index in [9.17, 15) is 9.59 Å². The fourth-order valence-electron chi connectivity index (χ4n) is 4.67. The number of nitrogens with two attached hydrogens (primary N) is 1. The van der Waals surface area contributed by atoms with Crippen LogP contribution in [0.25, 0.3) is 0 Å². The zero-order valence-electron chi connectivity index (χ0n) is 20.2. The maximum atomic E-state index is 13.2. The number of piperidine rings is 1. The number of ether oxygens (including phenoxy) is 3. The molecule has 2 aliphatic rings. The Labute approximate surface area is 209 Å². The highest BCUT2D eigenvalue weighted by molar-refractivity contribution is 6.15. The fraction of sp³-hybridized carbons (Fsp3) is 0.286. The summed E-state index contributed by atoms with van der Waals surface area (Å²) >= 11 is 0. The standard InChI is InChI=1S/C28H29N3O5/c1-34-21-8-6-19(7-9-21)27(32)22-3-2-4-23(29)26(22)30-28(33)20-11-13-31(14-12-20)16-18-5-10-24-25(15-18)36-17-35-24/h2-10,15,20H,11-14,16-17,29H2,1H3,(H,30,33). The molecular weight excluding hydrogens is 458 g/mol. The van der Waals surface area contributed by atoms with Gasteiger partial charge in [0.05, 0.1) is 18.5 Å². The number of amides is 1. The molecule has 36 heavy (non-hydrogen) atoms. The first-order chi connectivity index (χ1) is 17.5. The van der Waals surface area contributed by atoms with E-state index in [1.165, 1.54) is 0 Å². The van der Waals surface area contributed by atoms with Gasteiger partial charge in [0, 0.05) is 23.6 Å². The van der Waals surface area contributed by atoms with Crippen molar-refractivity contribution in [1.82, 2.24) is 4.90 Å². The molecule has 0 atom stereocenters. The lowest BCUT2D eigenvalue weighted by Crippen LogP contribution is -2.38. The molecule has 2 heterocycles. The van der Waals surface area contributed by atoms with Crippen LogP contribution in [0.4, 0.5) is 11.4 Å². The van der Waals surface area contributed by atoms with Crippen LogP contribution in [0.1, 0.15) is 34.3 Å². The van der Waals surface area contributed by atoms with Crippen molar-refractivity contribution in [3.8, 4) is 17.2 Å². The van der Waals surface area contributed by atoms with Gasteiger partial charge in [-0.15, -0.1) is 0 Å². The number of hydrogen-bond acceptors (Lipinski definition) is 7. The summed E-state index contributed by atoms with van der Waals surface area (Å²) in [5.41, 5.74) is 8.94. The Morgan fingerprint density at radius 3 is 2.53 bits per heavy atom. The average molecular weight is 488 g/mol. The molecule has 0 bridgehead atoms. The molecule has 1 fully saturated rings. The lowest BCUT2D eigenvalue weighted by molar-refractivity contribution is -0.121. The Bertz CT molecular complexity index is 1270. The largest absolute Gasteiger partial charge is 0.497 e. The van der Waals surface area contributed by atoms with Crippen molar-refractivity contribution in [2.45, 2.75) is 19.4 Å². The molecule has 0 saturated carbocycles. The van der Waals surface area contributed by atoms with Gasteiger partial charge in [0.15, 0.2) is 17.3 Å². The number of nitrogen functional groups attached to an aromatic ring is 1. The second-order valence-corrected chi connectivity index (χ2v) is 9.05. The molecule has 0 aromatic heterocycles. The molecule has 0 unspecified atom stereocenters. The number of hydrogen-bond donors (Lipinski definition) is 2. The Balaban J connectivity index is 1.22. The number of benzene rings is 3. The number of methoxy groups -OCH3 is 1. The van der Waals surface area contributed by atoms with Crippen molar-refractivity contribution < 1.29 is 23.8 Å². The summed E-state index contributed by atoms with van der Waals surface area (Å²) in [7, 11) is 1.57. The second-order valence-electron chi connectivity index (χ2n) is 9.05. The quantitative estimate of drug-likeness (QED) is 0.382. The van der Waals surface area contributed by atoms with Crippen LogP contribution < -0.4 is 25.3 Å². The maximum Gasteiger partial charge on any atom is 0.231 e. The molecule has 3 aromatic rings. The third-order valence-corrected chi connectivity index (χ3v) is 6.74. The van der Waals surface area contributed by atoms with Crippen LogP contribution in [-0.4, -0.2) is 43.6 Å². The Morgan fingerprint density at radius 2 is 1.78 bits per heavy atom. The fourth-order valence-corrected chi connectivity index (χ4v) is 4.67. The summed E-state index contributed by atoms with van der Waals surface area (Å²) in [6.07, 6.45) is 1.45. The Morgan fingerprint density at radius 1 is 1.03 bits per heavy atom. The van der Waals surface area contributed by atoms with Crippen LogP contribution in [0, 0.1) is 5.92 Å². The van der Waals surface area contributed by atoms with E-state index in [0.717, 1.165) is 49.5 Å². The van der Waals surface area contributed by atoms with Crippen LogP contribution in [0.2, 0.25) is 0 Å². The topological polar surface area (TPSA) is 103 Å². The molecular formula is C28H29N3O5. The van der Waals surface area contributed by atoms with Gasteiger partial charge < -0.3 is 25.3 Å². The van der Waals surface area contributed by atoms with Gasteiger partial charge in [0.25, 0.3) is 0 Å². The molecule has 8 nitrogen and oxygen atoms in total. The van der Waals surface area contributed by atoms with E-state index in [-0.39, 0.29) is 24.4 Å². The summed E-state index contributed by atoms with van der Waals surface area (Å²) in [5.74, 6) is 1.75. The number of ketones is 1. The number of carbonyl (C=O) groups excluding carboxylic acids is 2. The minimum Gasteiger partial charge on any atom is -0.497 e. The number of para-hydroxylation sites is 1. The Kier molecular flexibility index (Phi) is 6.77. The van der Waals surface area contributed by atoms with Gasteiger partial charge in [0.1, 0.15) is 5.75 Å². The molecule has 0 aliphatic carbocycles. The summed E-state index contributed by atoms with van der Waals surface area (Å²) in [6.45, 7) is 2.65. The second kappa shape index (κ2) is 10.3. The molecule has 186 valence electrons. The third kappa shape index (κ3) is 4.99. The molecule has 5 rings (SSSR count). The van der Waals surface area contributed by atoms with Gasteiger partial charge in [-0.3, -0.25) is 14.5 Å². The number of rotatable bonds is 7. The highest BCUT2D eigenvalue weighted by atomic mass is 16.7. The summed E-state index contributed by atoms with van der Waals surface area (Å²) < 4.78 is 16.0. The summed E-state index contributed by atoms with van der Waals surface area (Å²) in [4.78, 5) is 28.7. The highest BCUT2D eigenvalue weighted by Crippen LogP contribution is 2.33. The predicted molar refractivity (Wildman–Crippen MR) is 136 cm³/mol. The average Bonchev–Trinajstić information content (AvgIpc) is 3.38. The van der Waals surface area contributed by atoms with Gasteiger partial charge >= 0.3 is 0 Å². The monoisotopic (exact) mass is 487 g/mol. The van der Waals surface area contributed by atoms with E-state index < -0.39 is 0 Å². The molecule has 8 heteroatoms. The number of anilines is 2. The highest BCUT2D eigenvalue weighted by Gasteiger charge is 2.27. The van der Waals surface area contributed by atoms with Crippen LogP contribution in [0.15, 0.2) is 60.7 Å². The number of carbonyl (C=O) groups is 2. The van der Waals surface area contributed by atoms with Crippen molar-refractivity contribution in [1.29, 1.82) is 0 Å². The van der Waals surface area contributed by atoms with Gasteiger partial charge in [-0.25, -0.2) is 0 Å². The maximum absolute atomic E-state index is 13.2. The third-order valence-electron chi connectivity index (χ3n) is 6.74. The number of likely N-dealkylation sites (tertiary alicyclic amines) is 1. The summed E-state index contributed by atoms with van der Waals surface area (Å²) in [5, 5.41) is 2.96. The number of fused-ring (bicyclic) bond motifs is 1. The van der Waals surface area contributed by atoms with Crippen molar-refractivity contribution in [2.75, 3.05) is 38.0 Å². The summed E-state index contributed by atoms with van der Waals surface area (Å²) in [6, 6.07) is 18.0. The van der Waals surface area contributed by atoms with Crippen LogP contribution in [0.3, 0.4) is 0 Å². The molecule has 0 radical (unpaired) electrons. The van der Waals surface area contributed by atoms with Crippen molar-refractivity contribution in [3.63, 3.8) is 0 Å². The molecule has 0 spiro atoms. The van der Waals surface area contributed by atoms with Gasteiger partial charge in [-0.05, 0) is 80.0 Å². The molecule has 2 aliphatic heterocycles. The first-order valence-corrected chi connectivity index (χ1v) is 12.0. The van der Waals surface area contributed by atoms with E-state index in [1.54, 1.807) is 49.6 Å². The zero-order valence-corrected chi connectivity index (χ0v) is 20.2. The van der Waals surface area contributed by atoms with Gasteiger partial charge in [0.2, 0.25) is 12.7 Å². The first-order valence-electron chi connectivity index (χ1n) is 12.0. The predicted octanol–water partition coefficient (Wildman–Crippen LogP) is 4.09. The number of nitrogens with zero attached hydrogens (tertiary/aromatic N) is 1. The lowest BCUT2D eigenvalue weighted by Gasteiger charge is -2.31. The van der Waals surface area contributed by atoms with E-state index in [1.807, 2.05) is 18.2 Å². The van der Waals surface area contributed by atoms with Gasteiger partial charge in [-0.2, -0.15) is 0 Å². The zero-order chi connectivity index (χ0) is 25.1. The minimum atomic E-state index is -0.209. The van der Waals surface area contributed by atoms with Crippen LogP contribution in [0.5, 0.6) is 17.2 Å². The minimum absolute atomic E-state index is 0.112. The van der Waals surface area contributed by atoms with Crippen molar-refractivity contribution in [3.05, 3.63) is 77.4 Å². The van der Waals surface area contributed by atoms with Gasteiger partial charge in [-0.1, -0.05) is 12.1 Å². The van der Waals surface area contributed by atoms with Crippen molar-refractivity contribution >= 4 is 23.1 Å². The number of nitrogens with one attached hydrogen (secondary N) is 1. The lowest BCUT2D eigenvalue weighted by atomic mass is 9.94. The molecule has 1 saturated heterocycles.